The molecule has 0 spiro atoms. The molecule has 4 nitrogen and oxygen atoms in total. The molecule has 1 fully saturated rings. The SMILES string of the molecule is C=C(Nc1cc2cc(C(=C)SC=NC)ccc2cn1)c1cccc(CC2CCN(C)CC2)c1. The highest BCUT2D eigenvalue weighted by molar-refractivity contribution is 8.20. The number of aliphatic imine (C=N–C) groups is 1. The number of thioether (sulfide) groups is 1. The number of pyridine rings is 1. The zero-order chi connectivity index (χ0) is 23.2. The molecule has 1 aliphatic rings. The first kappa shape index (κ1) is 23.3. The van der Waals surface area contributed by atoms with Crippen molar-refractivity contribution in [2.75, 3.05) is 32.5 Å². The second kappa shape index (κ2) is 10.8. The van der Waals surface area contributed by atoms with Crippen LogP contribution in [0.3, 0.4) is 0 Å². The molecule has 4 rings (SSSR count). The van der Waals surface area contributed by atoms with E-state index in [-0.39, 0.29) is 0 Å². The lowest BCUT2D eigenvalue weighted by Crippen LogP contribution is -2.30. The fraction of sp³-hybridized carbons (Fsp3) is 0.286. The van der Waals surface area contributed by atoms with E-state index in [4.69, 9.17) is 0 Å². The lowest BCUT2D eigenvalue weighted by Gasteiger charge is -2.29. The van der Waals surface area contributed by atoms with Gasteiger partial charge in [-0.05, 0) is 85.6 Å². The van der Waals surface area contributed by atoms with Crippen LogP contribution in [0.5, 0.6) is 0 Å². The van der Waals surface area contributed by atoms with Crippen LogP contribution in [0, 0.1) is 5.92 Å². The molecule has 1 aliphatic heterocycles. The standard InChI is InChI=1S/C28H32N4S/c1-20(24-7-5-6-23(15-24)14-22-10-12-32(4)13-11-22)31-28-17-27-16-25(21(2)33-19-29-3)8-9-26(27)18-30-28/h5-9,15-19,22H,1-2,10-14H2,3-4H3,(H,30,31). The summed E-state index contributed by atoms with van der Waals surface area (Å²) in [5.41, 5.74) is 6.25. The summed E-state index contributed by atoms with van der Waals surface area (Å²) in [4.78, 5) is 12.0. The van der Waals surface area contributed by atoms with Crippen LogP contribution in [0.4, 0.5) is 5.82 Å². The maximum atomic E-state index is 4.59. The van der Waals surface area contributed by atoms with Gasteiger partial charge < -0.3 is 10.2 Å². The van der Waals surface area contributed by atoms with Gasteiger partial charge in [-0.15, -0.1) is 0 Å². The van der Waals surface area contributed by atoms with Crippen molar-refractivity contribution in [2.45, 2.75) is 19.3 Å². The van der Waals surface area contributed by atoms with Crippen LogP contribution in [-0.4, -0.2) is 42.6 Å². The third kappa shape index (κ3) is 6.12. The molecule has 3 aromatic rings. The van der Waals surface area contributed by atoms with Gasteiger partial charge in [0.2, 0.25) is 0 Å². The molecule has 0 atom stereocenters. The molecule has 33 heavy (non-hydrogen) atoms. The maximum Gasteiger partial charge on any atom is 0.130 e. The third-order valence-electron chi connectivity index (χ3n) is 6.26. The first-order chi connectivity index (χ1) is 16.0. The smallest absolute Gasteiger partial charge is 0.130 e. The van der Waals surface area contributed by atoms with Crippen LogP contribution in [0.25, 0.3) is 21.4 Å². The fourth-order valence-electron chi connectivity index (χ4n) is 4.28. The molecule has 0 unspecified atom stereocenters. The number of likely N-dealkylation sites (tertiary alicyclic amines) is 1. The summed E-state index contributed by atoms with van der Waals surface area (Å²) in [7, 11) is 3.98. The average molecular weight is 457 g/mol. The Balaban J connectivity index is 1.46. The van der Waals surface area contributed by atoms with E-state index < -0.39 is 0 Å². The summed E-state index contributed by atoms with van der Waals surface area (Å²) in [6.07, 6.45) is 5.59. The van der Waals surface area contributed by atoms with Gasteiger partial charge in [-0.25, -0.2) is 4.98 Å². The Morgan fingerprint density at radius 3 is 2.73 bits per heavy atom. The molecular weight excluding hydrogens is 424 g/mol. The highest BCUT2D eigenvalue weighted by atomic mass is 32.2. The number of aromatic nitrogens is 1. The third-order valence-corrected chi connectivity index (χ3v) is 7.10. The number of anilines is 1. The molecule has 0 bridgehead atoms. The lowest BCUT2D eigenvalue weighted by atomic mass is 9.90. The average Bonchev–Trinajstić information content (AvgIpc) is 2.83. The van der Waals surface area contributed by atoms with Crippen molar-refractivity contribution in [3.8, 4) is 0 Å². The largest absolute Gasteiger partial charge is 0.340 e. The summed E-state index contributed by atoms with van der Waals surface area (Å²) in [5, 5.41) is 5.62. The molecule has 0 aliphatic carbocycles. The number of fused-ring (bicyclic) bond motifs is 1. The van der Waals surface area contributed by atoms with Crippen molar-refractivity contribution in [1.29, 1.82) is 0 Å². The van der Waals surface area contributed by atoms with Crippen molar-refractivity contribution in [2.24, 2.45) is 10.9 Å². The Bertz CT molecular complexity index is 1180. The molecule has 2 heterocycles. The van der Waals surface area contributed by atoms with Crippen LogP contribution < -0.4 is 5.32 Å². The van der Waals surface area contributed by atoms with Crippen LogP contribution in [0.1, 0.15) is 29.5 Å². The Kier molecular flexibility index (Phi) is 7.63. The zero-order valence-electron chi connectivity index (χ0n) is 19.6. The quantitative estimate of drug-likeness (QED) is 0.308. The van der Waals surface area contributed by atoms with E-state index in [0.29, 0.717) is 0 Å². The van der Waals surface area contributed by atoms with E-state index in [1.54, 1.807) is 12.6 Å². The van der Waals surface area contributed by atoms with E-state index >= 15 is 0 Å². The topological polar surface area (TPSA) is 40.5 Å². The van der Waals surface area contributed by atoms with Gasteiger partial charge in [0, 0.05) is 29.2 Å². The van der Waals surface area contributed by atoms with E-state index in [2.05, 4.69) is 88.9 Å². The molecule has 170 valence electrons. The summed E-state index contributed by atoms with van der Waals surface area (Å²) in [5.74, 6) is 1.56. The molecule has 1 saturated heterocycles. The predicted molar refractivity (Wildman–Crippen MR) is 146 cm³/mol. The van der Waals surface area contributed by atoms with Gasteiger partial charge in [-0.3, -0.25) is 4.99 Å². The van der Waals surface area contributed by atoms with E-state index in [0.717, 1.165) is 50.7 Å². The normalized spacial score (nSPS) is 15.2. The van der Waals surface area contributed by atoms with Crippen molar-refractivity contribution in [3.63, 3.8) is 0 Å². The fourth-order valence-corrected chi connectivity index (χ4v) is 4.78. The maximum absolute atomic E-state index is 4.59. The van der Waals surface area contributed by atoms with Crippen molar-refractivity contribution >= 4 is 44.5 Å². The minimum Gasteiger partial charge on any atom is -0.340 e. The molecule has 2 aromatic carbocycles. The molecule has 1 N–H and O–H groups in total. The second-order valence-electron chi connectivity index (χ2n) is 8.79. The monoisotopic (exact) mass is 456 g/mol. The van der Waals surface area contributed by atoms with E-state index in [9.17, 15) is 0 Å². The number of benzene rings is 2. The van der Waals surface area contributed by atoms with Crippen LogP contribution in [-0.2, 0) is 6.42 Å². The molecular formula is C28H32N4S. The second-order valence-corrected chi connectivity index (χ2v) is 9.73. The summed E-state index contributed by atoms with van der Waals surface area (Å²) < 4.78 is 0. The predicted octanol–water partition coefficient (Wildman–Crippen LogP) is 6.56. The van der Waals surface area contributed by atoms with Crippen LogP contribution in [0.2, 0.25) is 0 Å². The molecule has 0 radical (unpaired) electrons. The summed E-state index contributed by atoms with van der Waals surface area (Å²) in [6, 6.07) is 17.1. The van der Waals surface area contributed by atoms with Gasteiger partial charge in [-0.1, -0.05) is 55.3 Å². The molecule has 5 heteroatoms. The van der Waals surface area contributed by atoms with Gasteiger partial charge in [-0.2, -0.15) is 0 Å². The van der Waals surface area contributed by atoms with E-state index in [1.807, 2.05) is 6.20 Å². The number of hydrogen-bond acceptors (Lipinski definition) is 5. The van der Waals surface area contributed by atoms with Crippen molar-refractivity contribution in [1.82, 2.24) is 9.88 Å². The Morgan fingerprint density at radius 1 is 1.12 bits per heavy atom. The minimum atomic E-state index is 0.769. The van der Waals surface area contributed by atoms with Crippen molar-refractivity contribution < 1.29 is 0 Å². The highest BCUT2D eigenvalue weighted by Gasteiger charge is 2.17. The van der Waals surface area contributed by atoms with Crippen LogP contribution >= 0.6 is 11.8 Å². The Morgan fingerprint density at radius 2 is 1.94 bits per heavy atom. The highest BCUT2D eigenvalue weighted by Crippen LogP contribution is 2.28. The Hall–Kier alpha value is -2.89. The number of rotatable bonds is 8. The first-order valence-corrected chi connectivity index (χ1v) is 12.3. The summed E-state index contributed by atoms with van der Waals surface area (Å²) in [6.45, 7) is 10.8. The van der Waals surface area contributed by atoms with E-state index in [1.165, 1.54) is 43.3 Å². The molecule has 0 saturated carbocycles. The Labute approximate surface area is 201 Å². The van der Waals surface area contributed by atoms with Gasteiger partial charge in [0.05, 0.1) is 5.55 Å². The number of hydrogen-bond donors (Lipinski definition) is 1. The van der Waals surface area contributed by atoms with Gasteiger partial charge >= 0.3 is 0 Å². The van der Waals surface area contributed by atoms with Gasteiger partial charge in [0.25, 0.3) is 0 Å². The molecule has 1 aromatic heterocycles. The van der Waals surface area contributed by atoms with Gasteiger partial charge in [0.1, 0.15) is 5.82 Å². The lowest BCUT2D eigenvalue weighted by molar-refractivity contribution is 0.219. The first-order valence-electron chi connectivity index (χ1n) is 11.4. The number of piperidine rings is 1. The zero-order valence-corrected chi connectivity index (χ0v) is 20.4. The number of nitrogens with zero attached hydrogens (tertiary/aromatic N) is 3. The summed E-state index contributed by atoms with van der Waals surface area (Å²) >= 11 is 1.53. The van der Waals surface area contributed by atoms with Crippen LogP contribution in [0.15, 0.2) is 72.9 Å². The minimum absolute atomic E-state index is 0.769. The number of nitrogens with one attached hydrogen (secondary N) is 1. The van der Waals surface area contributed by atoms with Gasteiger partial charge in [0.15, 0.2) is 0 Å². The van der Waals surface area contributed by atoms with Crippen molar-refractivity contribution in [3.05, 3.63) is 84.6 Å². The molecule has 0 amide bonds.